The van der Waals surface area contributed by atoms with Crippen molar-refractivity contribution in [2.75, 3.05) is 0 Å². The molecule has 0 aliphatic heterocycles. The van der Waals surface area contributed by atoms with Gasteiger partial charge in [0, 0.05) is 29.0 Å². The second kappa shape index (κ2) is 6.49. The molecule has 2 aliphatic carbocycles. The summed E-state index contributed by atoms with van der Waals surface area (Å²) in [4.78, 5) is 15.0. The van der Waals surface area contributed by atoms with Gasteiger partial charge in [0.15, 0.2) is 0 Å². The van der Waals surface area contributed by atoms with Crippen LogP contribution in [0.2, 0.25) is 0 Å². The third-order valence-corrected chi connectivity index (χ3v) is 5.07. The molecule has 1 aromatic carbocycles. The van der Waals surface area contributed by atoms with Gasteiger partial charge in [0.25, 0.3) is 0 Å². The summed E-state index contributed by atoms with van der Waals surface area (Å²) in [5.74, 6) is 0.467. The lowest BCUT2D eigenvalue weighted by molar-refractivity contribution is -0.138. The summed E-state index contributed by atoms with van der Waals surface area (Å²) in [6.07, 6.45) is 6.33. The van der Waals surface area contributed by atoms with E-state index < -0.39 is 0 Å². The maximum atomic E-state index is 12.9. The van der Waals surface area contributed by atoms with Crippen molar-refractivity contribution < 1.29 is 4.79 Å². The second-order valence-corrected chi connectivity index (χ2v) is 7.37. The average molecular weight is 351 g/mol. The number of hydrogen-bond acceptors (Lipinski definition) is 2. The highest BCUT2D eigenvalue weighted by Crippen LogP contribution is 2.33. The maximum Gasteiger partial charge on any atom is 0.226 e. The van der Waals surface area contributed by atoms with E-state index in [1.807, 2.05) is 12.1 Å². The summed E-state index contributed by atoms with van der Waals surface area (Å²) >= 11 is 3.51. The summed E-state index contributed by atoms with van der Waals surface area (Å²) in [5.41, 5.74) is 7.25. The Morgan fingerprint density at radius 2 is 2.10 bits per heavy atom. The standard InChI is InChI=1S/C17H23BrN2O/c18-14-5-1-3-12(9-14)11-20(16-7-8-16)17(21)13-4-2-6-15(19)10-13/h1,3,5,9,13,15-16H,2,4,6-8,10-11,19H2. The average Bonchev–Trinajstić information content (AvgIpc) is 3.29. The summed E-state index contributed by atoms with van der Waals surface area (Å²) in [5, 5.41) is 0. The van der Waals surface area contributed by atoms with Crippen LogP contribution in [0.3, 0.4) is 0 Å². The van der Waals surface area contributed by atoms with Gasteiger partial charge in [0.05, 0.1) is 0 Å². The van der Waals surface area contributed by atoms with Gasteiger partial charge in [-0.25, -0.2) is 0 Å². The molecule has 0 bridgehead atoms. The van der Waals surface area contributed by atoms with Crippen LogP contribution in [0.25, 0.3) is 0 Å². The summed E-state index contributed by atoms with van der Waals surface area (Å²) in [6.45, 7) is 0.731. The molecule has 1 amide bonds. The summed E-state index contributed by atoms with van der Waals surface area (Å²) in [6, 6.07) is 8.92. The zero-order valence-electron chi connectivity index (χ0n) is 12.3. The predicted molar refractivity (Wildman–Crippen MR) is 87.6 cm³/mol. The van der Waals surface area contributed by atoms with Crippen molar-refractivity contribution in [2.45, 2.75) is 57.2 Å². The number of carbonyl (C=O) groups is 1. The monoisotopic (exact) mass is 350 g/mol. The van der Waals surface area contributed by atoms with Gasteiger partial charge in [-0.1, -0.05) is 34.5 Å². The van der Waals surface area contributed by atoms with Crippen LogP contribution >= 0.6 is 15.9 Å². The van der Waals surface area contributed by atoms with Crippen LogP contribution in [0.1, 0.15) is 44.1 Å². The predicted octanol–water partition coefficient (Wildman–Crippen LogP) is 3.46. The summed E-state index contributed by atoms with van der Waals surface area (Å²) < 4.78 is 1.07. The van der Waals surface area contributed by atoms with Gasteiger partial charge in [0.2, 0.25) is 5.91 Å². The number of nitrogens with two attached hydrogens (primary N) is 1. The number of carbonyl (C=O) groups excluding carboxylic acids is 1. The van der Waals surface area contributed by atoms with Crippen molar-refractivity contribution in [1.82, 2.24) is 4.90 Å². The molecule has 1 aromatic rings. The van der Waals surface area contributed by atoms with Gasteiger partial charge >= 0.3 is 0 Å². The molecule has 2 atom stereocenters. The number of hydrogen-bond donors (Lipinski definition) is 1. The summed E-state index contributed by atoms with van der Waals surface area (Å²) in [7, 11) is 0. The van der Waals surface area contributed by atoms with Crippen molar-refractivity contribution in [1.29, 1.82) is 0 Å². The lowest BCUT2D eigenvalue weighted by atomic mass is 9.85. The maximum absolute atomic E-state index is 12.9. The minimum atomic E-state index is 0.140. The Morgan fingerprint density at radius 1 is 1.29 bits per heavy atom. The van der Waals surface area contributed by atoms with Gasteiger partial charge in [-0.2, -0.15) is 0 Å². The van der Waals surface area contributed by atoms with E-state index in [1.165, 1.54) is 5.56 Å². The zero-order valence-corrected chi connectivity index (χ0v) is 13.9. The molecule has 2 unspecified atom stereocenters. The largest absolute Gasteiger partial charge is 0.335 e. The molecule has 2 aliphatic rings. The van der Waals surface area contributed by atoms with Crippen molar-refractivity contribution >= 4 is 21.8 Å². The van der Waals surface area contributed by atoms with E-state index in [4.69, 9.17) is 5.73 Å². The Hall–Kier alpha value is -0.870. The van der Waals surface area contributed by atoms with Crippen LogP contribution in [-0.2, 0) is 11.3 Å². The topological polar surface area (TPSA) is 46.3 Å². The number of nitrogens with zero attached hydrogens (tertiary/aromatic N) is 1. The van der Waals surface area contributed by atoms with E-state index in [0.717, 1.165) is 49.5 Å². The van der Waals surface area contributed by atoms with Gasteiger partial charge in [-0.05, 0) is 49.8 Å². The Labute approximate surface area is 135 Å². The molecule has 0 aromatic heterocycles. The number of rotatable bonds is 4. The first-order valence-corrected chi connectivity index (χ1v) is 8.73. The lowest BCUT2D eigenvalue weighted by Crippen LogP contribution is -2.41. The molecule has 0 radical (unpaired) electrons. The molecule has 114 valence electrons. The molecular formula is C17H23BrN2O. The van der Waals surface area contributed by atoms with Gasteiger partial charge in [0.1, 0.15) is 0 Å². The van der Waals surface area contributed by atoms with E-state index in [-0.39, 0.29) is 12.0 Å². The van der Waals surface area contributed by atoms with Gasteiger partial charge in [-0.3, -0.25) is 4.79 Å². The highest BCUT2D eigenvalue weighted by Gasteiger charge is 2.37. The molecule has 3 nitrogen and oxygen atoms in total. The van der Waals surface area contributed by atoms with E-state index >= 15 is 0 Å². The molecule has 2 saturated carbocycles. The number of amides is 1. The zero-order chi connectivity index (χ0) is 14.8. The molecular weight excluding hydrogens is 328 g/mol. The van der Waals surface area contributed by atoms with E-state index in [9.17, 15) is 4.79 Å². The van der Waals surface area contributed by atoms with E-state index in [0.29, 0.717) is 11.9 Å². The molecule has 21 heavy (non-hydrogen) atoms. The normalized spacial score (nSPS) is 25.6. The van der Waals surface area contributed by atoms with Crippen molar-refractivity contribution in [3.05, 3.63) is 34.3 Å². The van der Waals surface area contributed by atoms with Crippen LogP contribution in [-0.4, -0.2) is 22.9 Å². The molecule has 0 heterocycles. The number of benzene rings is 1. The Bertz CT molecular complexity index is 515. The minimum Gasteiger partial charge on any atom is -0.335 e. The fourth-order valence-electron chi connectivity index (χ4n) is 3.29. The SMILES string of the molecule is NC1CCCC(C(=O)N(Cc2cccc(Br)c2)C2CC2)C1. The first-order chi connectivity index (χ1) is 10.1. The highest BCUT2D eigenvalue weighted by molar-refractivity contribution is 9.10. The molecule has 2 fully saturated rings. The first-order valence-electron chi connectivity index (χ1n) is 7.94. The Kier molecular flexibility index (Phi) is 4.65. The molecule has 4 heteroatoms. The van der Waals surface area contributed by atoms with Crippen molar-refractivity contribution in [3.8, 4) is 0 Å². The Morgan fingerprint density at radius 3 is 2.76 bits per heavy atom. The Balaban J connectivity index is 1.70. The quantitative estimate of drug-likeness (QED) is 0.903. The molecule has 0 spiro atoms. The lowest BCUT2D eigenvalue weighted by Gasteiger charge is -2.31. The van der Waals surface area contributed by atoms with Crippen molar-refractivity contribution in [3.63, 3.8) is 0 Å². The smallest absolute Gasteiger partial charge is 0.226 e. The fraction of sp³-hybridized carbons (Fsp3) is 0.588. The van der Waals surface area contributed by atoms with Crippen LogP contribution in [0.5, 0.6) is 0 Å². The highest BCUT2D eigenvalue weighted by atomic mass is 79.9. The number of halogens is 1. The van der Waals surface area contributed by atoms with Crippen LogP contribution in [0, 0.1) is 5.92 Å². The second-order valence-electron chi connectivity index (χ2n) is 6.45. The molecule has 0 saturated heterocycles. The van der Waals surface area contributed by atoms with Crippen LogP contribution < -0.4 is 5.73 Å². The van der Waals surface area contributed by atoms with Gasteiger partial charge in [-0.15, -0.1) is 0 Å². The van der Waals surface area contributed by atoms with E-state index in [2.05, 4.69) is 33.0 Å². The van der Waals surface area contributed by atoms with E-state index in [1.54, 1.807) is 0 Å². The minimum absolute atomic E-state index is 0.140. The third-order valence-electron chi connectivity index (χ3n) is 4.58. The van der Waals surface area contributed by atoms with Crippen LogP contribution in [0.15, 0.2) is 28.7 Å². The molecule has 3 rings (SSSR count). The first kappa shape index (κ1) is 15.0. The fourth-order valence-corrected chi connectivity index (χ4v) is 3.74. The van der Waals surface area contributed by atoms with Crippen molar-refractivity contribution in [2.24, 2.45) is 11.7 Å². The molecule has 2 N–H and O–H groups in total. The van der Waals surface area contributed by atoms with Gasteiger partial charge < -0.3 is 10.6 Å². The van der Waals surface area contributed by atoms with Crippen LogP contribution in [0.4, 0.5) is 0 Å². The third kappa shape index (κ3) is 3.86.